The van der Waals surface area contributed by atoms with Crippen molar-refractivity contribution in [1.82, 2.24) is 0 Å². The first-order valence-electron chi connectivity index (χ1n) is 5.79. The molecule has 0 bridgehead atoms. The zero-order valence-corrected chi connectivity index (χ0v) is 9.76. The van der Waals surface area contributed by atoms with Gasteiger partial charge in [-0.15, -0.1) is 0 Å². The van der Waals surface area contributed by atoms with Gasteiger partial charge in [-0.25, -0.2) is 4.79 Å². The molecule has 0 spiro atoms. The fourth-order valence-corrected chi connectivity index (χ4v) is 2.31. The van der Waals surface area contributed by atoms with Crippen molar-refractivity contribution in [3.05, 3.63) is 34.4 Å². The number of nitro groups is 1. The summed E-state index contributed by atoms with van der Waals surface area (Å²) < 4.78 is 0. The topological polar surface area (TPSA) is 92.5 Å². The van der Waals surface area contributed by atoms with Gasteiger partial charge in [-0.05, 0) is 25.0 Å². The second-order valence-corrected chi connectivity index (χ2v) is 4.52. The third-order valence-electron chi connectivity index (χ3n) is 3.33. The lowest BCUT2D eigenvalue weighted by atomic mass is 9.97. The zero-order chi connectivity index (χ0) is 13.2. The molecule has 2 rings (SSSR count). The number of carboxylic acids is 1. The zero-order valence-electron chi connectivity index (χ0n) is 9.76. The van der Waals surface area contributed by atoms with Crippen LogP contribution in [0.3, 0.4) is 0 Å². The number of hydrogen-bond donors (Lipinski definition) is 2. The van der Waals surface area contributed by atoms with Gasteiger partial charge >= 0.3 is 5.97 Å². The van der Waals surface area contributed by atoms with E-state index in [1.807, 2.05) is 0 Å². The Morgan fingerprint density at radius 3 is 2.28 bits per heavy atom. The van der Waals surface area contributed by atoms with Crippen LogP contribution in [0.25, 0.3) is 0 Å². The predicted octanol–water partition coefficient (Wildman–Crippen LogP) is 2.40. The number of anilines is 1. The monoisotopic (exact) mass is 250 g/mol. The molecular weight excluding hydrogens is 236 g/mol. The Kier molecular flexibility index (Phi) is 3.18. The molecule has 0 aliphatic heterocycles. The molecule has 0 amide bonds. The highest BCUT2D eigenvalue weighted by molar-refractivity contribution is 5.83. The summed E-state index contributed by atoms with van der Waals surface area (Å²) in [5.74, 6) is -0.863. The van der Waals surface area contributed by atoms with E-state index in [-0.39, 0.29) is 5.69 Å². The Hall–Kier alpha value is -2.11. The highest BCUT2D eigenvalue weighted by Gasteiger charge is 2.41. The molecule has 0 atom stereocenters. The second kappa shape index (κ2) is 4.64. The molecule has 2 N–H and O–H groups in total. The van der Waals surface area contributed by atoms with Crippen LogP contribution in [0.5, 0.6) is 0 Å². The second-order valence-electron chi connectivity index (χ2n) is 4.52. The molecule has 1 aromatic carbocycles. The van der Waals surface area contributed by atoms with Gasteiger partial charge in [-0.1, -0.05) is 12.8 Å². The number of nitrogens with zero attached hydrogens (tertiary/aromatic N) is 1. The molecule has 1 aliphatic carbocycles. The molecule has 0 heterocycles. The van der Waals surface area contributed by atoms with Crippen molar-refractivity contribution in [3.8, 4) is 0 Å². The Bertz CT molecular complexity index is 463. The number of non-ortho nitro benzene ring substituents is 1. The number of carbonyl (C=O) groups is 1. The summed E-state index contributed by atoms with van der Waals surface area (Å²) in [6, 6.07) is 5.82. The van der Waals surface area contributed by atoms with Gasteiger partial charge in [0.05, 0.1) is 4.92 Å². The standard InChI is InChI=1S/C12H14N2O4/c15-11(16)12(7-1-2-8-12)13-9-3-5-10(6-4-9)14(17)18/h3-6,13H,1-2,7-8H2,(H,15,16). The van der Waals surface area contributed by atoms with E-state index in [2.05, 4.69) is 5.32 Å². The third-order valence-corrected chi connectivity index (χ3v) is 3.33. The fourth-order valence-electron chi connectivity index (χ4n) is 2.31. The van der Waals surface area contributed by atoms with Crippen molar-refractivity contribution in [1.29, 1.82) is 0 Å². The van der Waals surface area contributed by atoms with Gasteiger partial charge in [0, 0.05) is 17.8 Å². The molecule has 6 heteroatoms. The average Bonchev–Trinajstić information content (AvgIpc) is 2.79. The molecular formula is C12H14N2O4. The molecule has 1 aliphatic rings. The van der Waals surface area contributed by atoms with Crippen LogP contribution in [-0.4, -0.2) is 21.5 Å². The summed E-state index contributed by atoms with van der Waals surface area (Å²) in [6.45, 7) is 0. The van der Waals surface area contributed by atoms with Gasteiger partial charge in [0.15, 0.2) is 0 Å². The maximum atomic E-state index is 11.3. The van der Waals surface area contributed by atoms with Crippen molar-refractivity contribution < 1.29 is 14.8 Å². The van der Waals surface area contributed by atoms with Crippen LogP contribution in [0.2, 0.25) is 0 Å². The van der Waals surface area contributed by atoms with E-state index in [9.17, 15) is 20.0 Å². The van der Waals surface area contributed by atoms with E-state index >= 15 is 0 Å². The number of benzene rings is 1. The number of nitro benzene ring substituents is 1. The van der Waals surface area contributed by atoms with Crippen LogP contribution in [0, 0.1) is 10.1 Å². The van der Waals surface area contributed by atoms with E-state index in [0.29, 0.717) is 18.5 Å². The van der Waals surface area contributed by atoms with Gasteiger partial charge in [-0.2, -0.15) is 0 Å². The number of carboxylic acid groups (broad SMARTS) is 1. The minimum atomic E-state index is -0.921. The third kappa shape index (κ3) is 2.27. The fraction of sp³-hybridized carbons (Fsp3) is 0.417. The largest absolute Gasteiger partial charge is 0.480 e. The lowest BCUT2D eigenvalue weighted by Gasteiger charge is -2.26. The number of hydrogen-bond acceptors (Lipinski definition) is 4. The van der Waals surface area contributed by atoms with Crippen LogP contribution in [-0.2, 0) is 4.79 Å². The van der Waals surface area contributed by atoms with Crippen LogP contribution >= 0.6 is 0 Å². The molecule has 1 fully saturated rings. The van der Waals surface area contributed by atoms with E-state index in [4.69, 9.17) is 0 Å². The Morgan fingerprint density at radius 2 is 1.83 bits per heavy atom. The molecule has 0 radical (unpaired) electrons. The minimum Gasteiger partial charge on any atom is -0.480 e. The van der Waals surface area contributed by atoms with Crippen LogP contribution < -0.4 is 5.32 Å². The Labute approximate surface area is 104 Å². The normalized spacial score (nSPS) is 17.3. The van der Waals surface area contributed by atoms with Gasteiger partial charge in [0.2, 0.25) is 0 Å². The van der Waals surface area contributed by atoms with Gasteiger partial charge in [-0.3, -0.25) is 10.1 Å². The quantitative estimate of drug-likeness (QED) is 0.632. The number of aliphatic carboxylic acids is 1. The molecule has 0 unspecified atom stereocenters. The minimum absolute atomic E-state index is 0.00338. The number of rotatable bonds is 4. The molecule has 0 saturated heterocycles. The molecule has 6 nitrogen and oxygen atoms in total. The SMILES string of the molecule is O=C(O)C1(Nc2ccc([N+](=O)[O-])cc2)CCCC1. The van der Waals surface area contributed by atoms with Crippen LogP contribution in [0.1, 0.15) is 25.7 Å². The summed E-state index contributed by atoms with van der Waals surface area (Å²) in [5.41, 5.74) is -0.322. The van der Waals surface area contributed by atoms with Gasteiger partial charge < -0.3 is 10.4 Å². The first kappa shape index (κ1) is 12.3. The van der Waals surface area contributed by atoms with Crippen LogP contribution in [0.4, 0.5) is 11.4 Å². The first-order valence-corrected chi connectivity index (χ1v) is 5.79. The van der Waals surface area contributed by atoms with Gasteiger partial charge in [0.25, 0.3) is 5.69 Å². The van der Waals surface area contributed by atoms with Crippen LogP contribution in [0.15, 0.2) is 24.3 Å². The lowest BCUT2D eigenvalue weighted by Crippen LogP contribution is -2.43. The number of nitrogens with one attached hydrogen (secondary N) is 1. The van der Waals surface area contributed by atoms with E-state index < -0.39 is 16.4 Å². The highest BCUT2D eigenvalue weighted by atomic mass is 16.6. The van der Waals surface area contributed by atoms with Crippen molar-refractivity contribution in [2.75, 3.05) is 5.32 Å². The predicted molar refractivity (Wildman–Crippen MR) is 65.6 cm³/mol. The van der Waals surface area contributed by atoms with Crippen molar-refractivity contribution in [3.63, 3.8) is 0 Å². The van der Waals surface area contributed by atoms with E-state index in [1.54, 1.807) is 12.1 Å². The molecule has 96 valence electrons. The van der Waals surface area contributed by atoms with Crippen molar-refractivity contribution in [2.45, 2.75) is 31.2 Å². The van der Waals surface area contributed by atoms with Gasteiger partial charge in [0.1, 0.15) is 5.54 Å². The molecule has 1 aromatic rings. The maximum Gasteiger partial charge on any atom is 0.329 e. The summed E-state index contributed by atoms with van der Waals surface area (Å²) in [7, 11) is 0. The molecule has 18 heavy (non-hydrogen) atoms. The summed E-state index contributed by atoms with van der Waals surface area (Å²) in [4.78, 5) is 21.4. The highest BCUT2D eigenvalue weighted by Crippen LogP contribution is 2.33. The Morgan fingerprint density at radius 1 is 1.28 bits per heavy atom. The average molecular weight is 250 g/mol. The Balaban J connectivity index is 2.17. The van der Waals surface area contributed by atoms with E-state index in [0.717, 1.165) is 12.8 Å². The first-order chi connectivity index (χ1) is 8.53. The summed E-state index contributed by atoms with van der Waals surface area (Å²) >= 11 is 0. The van der Waals surface area contributed by atoms with E-state index in [1.165, 1.54) is 12.1 Å². The smallest absolute Gasteiger partial charge is 0.329 e. The molecule has 0 aromatic heterocycles. The summed E-state index contributed by atoms with van der Waals surface area (Å²) in [5, 5.41) is 22.8. The summed E-state index contributed by atoms with van der Waals surface area (Å²) in [6.07, 6.45) is 2.93. The lowest BCUT2D eigenvalue weighted by molar-refractivity contribution is -0.384. The maximum absolute atomic E-state index is 11.3. The molecule has 1 saturated carbocycles. The van der Waals surface area contributed by atoms with Crippen molar-refractivity contribution >= 4 is 17.3 Å². The van der Waals surface area contributed by atoms with Crippen molar-refractivity contribution in [2.24, 2.45) is 0 Å².